The molecule has 0 aliphatic carbocycles. The largest absolute Gasteiger partial charge is 0.361 e. The highest BCUT2D eigenvalue weighted by atomic mass is 16.2. The van der Waals surface area contributed by atoms with Crippen LogP contribution >= 0.6 is 0 Å². The van der Waals surface area contributed by atoms with Crippen molar-refractivity contribution in [1.29, 1.82) is 0 Å². The van der Waals surface area contributed by atoms with Crippen molar-refractivity contribution in [1.82, 2.24) is 9.88 Å². The smallest absolute Gasteiger partial charge is 0.222 e. The molecule has 0 atom stereocenters. The van der Waals surface area contributed by atoms with E-state index in [4.69, 9.17) is 0 Å². The van der Waals surface area contributed by atoms with Gasteiger partial charge in [0.1, 0.15) is 0 Å². The minimum Gasteiger partial charge on any atom is -0.361 e. The molecule has 0 aliphatic heterocycles. The second-order valence-corrected chi connectivity index (χ2v) is 5.54. The Morgan fingerprint density at radius 1 is 1.19 bits per heavy atom. The van der Waals surface area contributed by atoms with Crippen molar-refractivity contribution in [3.63, 3.8) is 0 Å². The summed E-state index contributed by atoms with van der Waals surface area (Å²) < 4.78 is 0. The van der Waals surface area contributed by atoms with Crippen molar-refractivity contribution in [3.05, 3.63) is 36.0 Å². The number of benzene rings is 1. The Labute approximate surface area is 127 Å². The molecule has 1 aromatic heterocycles. The summed E-state index contributed by atoms with van der Waals surface area (Å²) in [7, 11) is 0. The number of H-pyrrole nitrogens is 1. The number of carbonyl (C=O) groups is 1. The predicted octanol–water partition coefficient (Wildman–Crippen LogP) is 4.14. The molecular weight excluding hydrogens is 260 g/mol. The number of nitrogens with one attached hydrogen (secondary N) is 1. The fraction of sp³-hybridized carbons (Fsp3) is 0.500. The first-order valence-corrected chi connectivity index (χ1v) is 8.09. The van der Waals surface area contributed by atoms with Crippen LogP contribution in [0.2, 0.25) is 0 Å². The van der Waals surface area contributed by atoms with E-state index in [1.807, 2.05) is 11.0 Å². The molecule has 3 nitrogen and oxygen atoms in total. The van der Waals surface area contributed by atoms with Gasteiger partial charge in [0.2, 0.25) is 5.91 Å². The van der Waals surface area contributed by atoms with Gasteiger partial charge in [0.05, 0.1) is 0 Å². The quantitative estimate of drug-likeness (QED) is 0.778. The van der Waals surface area contributed by atoms with E-state index in [2.05, 4.69) is 43.2 Å². The lowest BCUT2D eigenvalue weighted by atomic mass is 10.1. The van der Waals surface area contributed by atoms with Gasteiger partial charge in [0.15, 0.2) is 0 Å². The molecule has 1 heterocycles. The van der Waals surface area contributed by atoms with Crippen LogP contribution in [0.15, 0.2) is 30.5 Å². The highest BCUT2D eigenvalue weighted by Crippen LogP contribution is 2.19. The summed E-state index contributed by atoms with van der Waals surface area (Å²) in [5, 5.41) is 1.28. The summed E-state index contributed by atoms with van der Waals surface area (Å²) in [4.78, 5) is 17.5. The molecular formula is C18H26N2O. The van der Waals surface area contributed by atoms with Gasteiger partial charge in [-0.05, 0) is 37.8 Å². The van der Waals surface area contributed by atoms with E-state index in [0.717, 1.165) is 38.8 Å². The standard InChI is InChI=1S/C18H26N2O/c1-3-5-13-20(4-2)18(21)12-8-9-15-14-19-17-11-7-6-10-16(15)17/h6-7,10-11,14,19H,3-5,8-9,12-13H2,1-2H3. The highest BCUT2D eigenvalue weighted by Gasteiger charge is 2.11. The monoisotopic (exact) mass is 286 g/mol. The molecule has 1 N–H and O–H groups in total. The first-order chi connectivity index (χ1) is 10.3. The Bertz CT molecular complexity index is 573. The number of hydrogen-bond donors (Lipinski definition) is 1. The van der Waals surface area contributed by atoms with Gasteiger partial charge in [-0.25, -0.2) is 0 Å². The van der Waals surface area contributed by atoms with E-state index in [1.54, 1.807) is 0 Å². The van der Waals surface area contributed by atoms with Crippen molar-refractivity contribution in [2.75, 3.05) is 13.1 Å². The molecule has 0 fully saturated rings. The molecule has 1 aromatic carbocycles. The van der Waals surface area contributed by atoms with Gasteiger partial charge in [-0.1, -0.05) is 31.5 Å². The summed E-state index contributed by atoms with van der Waals surface area (Å²) in [5.74, 6) is 0.297. The molecule has 0 bridgehead atoms. The second-order valence-electron chi connectivity index (χ2n) is 5.54. The van der Waals surface area contributed by atoms with Crippen molar-refractivity contribution in [2.24, 2.45) is 0 Å². The van der Waals surface area contributed by atoms with Crippen molar-refractivity contribution >= 4 is 16.8 Å². The molecule has 0 unspecified atom stereocenters. The van der Waals surface area contributed by atoms with Crippen LogP contribution in [0.5, 0.6) is 0 Å². The van der Waals surface area contributed by atoms with Crippen molar-refractivity contribution in [3.8, 4) is 0 Å². The zero-order valence-corrected chi connectivity index (χ0v) is 13.2. The second kappa shape index (κ2) is 7.87. The van der Waals surface area contributed by atoms with E-state index in [9.17, 15) is 4.79 Å². The number of nitrogens with zero attached hydrogens (tertiary/aromatic N) is 1. The lowest BCUT2D eigenvalue weighted by molar-refractivity contribution is -0.131. The SMILES string of the molecule is CCCCN(CC)C(=O)CCCc1c[nH]c2ccccc12. The van der Waals surface area contributed by atoms with E-state index in [1.165, 1.54) is 16.5 Å². The number of amides is 1. The number of fused-ring (bicyclic) bond motifs is 1. The lowest BCUT2D eigenvalue weighted by Gasteiger charge is -2.20. The number of aryl methyl sites for hydroxylation is 1. The van der Waals surface area contributed by atoms with Crippen LogP contribution in [-0.2, 0) is 11.2 Å². The van der Waals surface area contributed by atoms with Gasteiger partial charge in [-0.15, -0.1) is 0 Å². The summed E-state index contributed by atoms with van der Waals surface area (Å²) >= 11 is 0. The molecule has 114 valence electrons. The van der Waals surface area contributed by atoms with E-state index in [-0.39, 0.29) is 0 Å². The number of carbonyl (C=O) groups excluding carboxylic acids is 1. The number of aromatic nitrogens is 1. The van der Waals surface area contributed by atoms with E-state index >= 15 is 0 Å². The zero-order valence-electron chi connectivity index (χ0n) is 13.2. The average Bonchev–Trinajstić information content (AvgIpc) is 2.91. The Morgan fingerprint density at radius 3 is 2.76 bits per heavy atom. The Hall–Kier alpha value is -1.77. The van der Waals surface area contributed by atoms with Crippen molar-refractivity contribution < 1.29 is 4.79 Å². The fourth-order valence-corrected chi connectivity index (χ4v) is 2.73. The zero-order chi connectivity index (χ0) is 15.1. The van der Waals surface area contributed by atoms with Crippen LogP contribution < -0.4 is 0 Å². The maximum atomic E-state index is 12.2. The van der Waals surface area contributed by atoms with Gasteiger partial charge >= 0.3 is 0 Å². The third-order valence-corrected chi connectivity index (χ3v) is 4.03. The minimum atomic E-state index is 0.297. The molecule has 0 saturated heterocycles. The Kier molecular flexibility index (Phi) is 5.85. The normalized spacial score (nSPS) is 11.0. The fourth-order valence-electron chi connectivity index (χ4n) is 2.73. The van der Waals surface area contributed by atoms with Crippen LogP contribution in [0.3, 0.4) is 0 Å². The third kappa shape index (κ3) is 4.10. The molecule has 0 saturated carbocycles. The van der Waals surface area contributed by atoms with Crippen LogP contribution in [0, 0.1) is 0 Å². The van der Waals surface area contributed by atoms with Gasteiger partial charge in [0.25, 0.3) is 0 Å². The van der Waals surface area contributed by atoms with Crippen LogP contribution in [0.1, 0.15) is 45.1 Å². The van der Waals surface area contributed by atoms with Crippen LogP contribution in [0.4, 0.5) is 0 Å². The molecule has 2 aromatic rings. The van der Waals surface area contributed by atoms with Gasteiger partial charge in [-0.3, -0.25) is 4.79 Å². The van der Waals surface area contributed by atoms with Crippen LogP contribution in [0.25, 0.3) is 10.9 Å². The van der Waals surface area contributed by atoms with Gasteiger partial charge < -0.3 is 9.88 Å². The maximum Gasteiger partial charge on any atom is 0.222 e. The first-order valence-electron chi connectivity index (χ1n) is 8.09. The topological polar surface area (TPSA) is 36.1 Å². The average molecular weight is 286 g/mol. The summed E-state index contributed by atoms with van der Waals surface area (Å²) in [6.45, 7) is 5.95. The predicted molar refractivity (Wildman–Crippen MR) is 88.4 cm³/mol. The molecule has 0 radical (unpaired) electrons. The van der Waals surface area contributed by atoms with Gasteiger partial charge in [-0.2, -0.15) is 0 Å². The lowest BCUT2D eigenvalue weighted by Crippen LogP contribution is -2.31. The third-order valence-electron chi connectivity index (χ3n) is 4.03. The molecule has 21 heavy (non-hydrogen) atoms. The summed E-state index contributed by atoms with van der Waals surface area (Å²) in [6, 6.07) is 8.34. The molecule has 3 heteroatoms. The number of hydrogen-bond acceptors (Lipinski definition) is 1. The minimum absolute atomic E-state index is 0.297. The van der Waals surface area contributed by atoms with Crippen molar-refractivity contribution in [2.45, 2.75) is 46.0 Å². The number of rotatable bonds is 8. The van der Waals surface area contributed by atoms with Crippen LogP contribution in [-0.4, -0.2) is 28.9 Å². The number of unbranched alkanes of at least 4 members (excludes halogenated alkanes) is 1. The highest BCUT2D eigenvalue weighted by molar-refractivity contribution is 5.83. The number of para-hydroxylation sites is 1. The summed E-state index contributed by atoms with van der Waals surface area (Å²) in [6.07, 6.45) is 6.84. The first kappa shape index (κ1) is 15.6. The Morgan fingerprint density at radius 2 is 2.00 bits per heavy atom. The number of aromatic amines is 1. The molecule has 2 rings (SSSR count). The molecule has 0 aliphatic rings. The Balaban J connectivity index is 1.84. The molecule has 1 amide bonds. The molecule has 0 spiro atoms. The van der Waals surface area contributed by atoms with E-state index < -0.39 is 0 Å². The van der Waals surface area contributed by atoms with E-state index in [0.29, 0.717) is 12.3 Å². The summed E-state index contributed by atoms with van der Waals surface area (Å²) in [5.41, 5.74) is 2.49. The van der Waals surface area contributed by atoms with Gasteiger partial charge in [0, 0.05) is 36.6 Å². The maximum absolute atomic E-state index is 12.2.